The second kappa shape index (κ2) is 9.04. The highest BCUT2D eigenvalue weighted by molar-refractivity contribution is 5.75. The lowest BCUT2D eigenvalue weighted by Gasteiger charge is -2.31. The van der Waals surface area contributed by atoms with Crippen LogP contribution in [0.2, 0.25) is 0 Å². The summed E-state index contributed by atoms with van der Waals surface area (Å²) in [6.07, 6.45) is 4.14. The van der Waals surface area contributed by atoms with E-state index in [1.54, 1.807) is 0 Å². The van der Waals surface area contributed by atoms with Crippen LogP contribution in [0.1, 0.15) is 45.1 Å². The minimum Gasteiger partial charge on any atom is -0.459 e. The lowest BCUT2D eigenvalue weighted by Crippen LogP contribution is -2.40. The van der Waals surface area contributed by atoms with E-state index in [9.17, 15) is 4.79 Å². The number of hydrogen-bond donors (Lipinski definition) is 1. The van der Waals surface area contributed by atoms with Gasteiger partial charge in [-0.3, -0.25) is 4.79 Å². The highest BCUT2D eigenvalue weighted by atomic mass is 16.6. The van der Waals surface area contributed by atoms with E-state index < -0.39 is 6.04 Å². The molecule has 0 spiro atoms. The first kappa shape index (κ1) is 18.0. The topological polar surface area (TPSA) is 61.5 Å². The Bertz CT molecular complexity index is 477. The van der Waals surface area contributed by atoms with Gasteiger partial charge in [-0.05, 0) is 44.1 Å². The Hall–Kier alpha value is -1.39. The quantitative estimate of drug-likeness (QED) is 0.847. The van der Waals surface area contributed by atoms with Crippen molar-refractivity contribution in [1.82, 2.24) is 0 Å². The summed E-state index contributed by atoms with van der Waals surface area (Å²) in [4.78, 5) is 12.0. The van der Waals surface area contributed by atoms with Crippen molar-refractivity contribution >= 4 is 5.97 Å². The van der Waals surface area contributed by atoms with E-state index in [1.807, 2.05) is 13.0 Å². The lowest BCUT2D eigenvalue weighted by atomic mass is 9.87. The molecule has 128 valence electrons. The van der Waals surface area contributed by atoms with E-state index in [1.165, 1.54) is 5.56 Å². The van der Waals surface area contributed by atoms with Gasteiger partial charge in [0.15, 0.2) is 0 Å². The Balaban J connectivity index is 2.16. The molecule has 1 aliphatic rings. The van der Waals surface area contributed by atoms with Gasteiger partial charge in [-0.15, -0.1) is 0 Å². The third kappa shape index (κ3) is 5.33. The number of rotatable bonds is 5. The number of hydrogen-bond acceptors (Lipinski definition) is 4. The van der Waals surface area contributed by atoms with Crippen molar-refractivity contribution in [2.45, 2.75) is 64.2 Å². The van der Waals surface area contributed by atoms with Crippen molar-refractivity contribution in [3.63, 3.8) is 0 Å². The average Bonchev–Trinajstić information content (AvgIpc) is 2.59. The maximum absolute atomic E-state index is 12.0. The molecule has 4 heteroatoms. The molecule has 0 unspecified atom stereocenters. The molecule has 23 heavy (non-hydrogen) atoms. The van der Waals surface area contributed by atoms with Crippen LogP contribution < -0.4 is 5.73 Å². The van der Waals surface area contributed by atoms with Crippen LogP contribution in [0.3, 0.4) is 0 Å². The number of carbonyl (C=O) groups excluding carboxylic acids is 1. The second-order valence-electron chi connectivity index (χ2n) is 6.46. The van der Waals surface area contributed by atoms with Crippen molar-refractivity contribution in [2.24, 2.45) is 11.7 Å². The number of carbonyl (C=O) groups is 1. The van der Waals surface area contributed by atoms with Gasteiger partial charge in [0, 0.05) is 6.61 Å². The van der Waals surface area contributed by atoms with Gasteiger partial charge in [-0.1, -0.05) is 43.7 Å². The van der Waals surface area contributed by atoms with Gasteiger partial charge in [0.2, 0.25) is 0 Å². The first-order valence-corrected chi connectivity index (χ1v) is 8.73. The van der Waals surface area contributed by atoms with Crippen LogP contribution in [-0.2, 0) is 20.7 Å². The fraction of sp³-hybridized carbons (Fsp3) is 0.632. The van der Waals surface area contributed by atoms with Crippen molar-refractivity contribution in [2.75, 3.05) is 6.61 Å². The first-order chi connectivity index (χ1) is 11.1. The van der Waals surface area contributed by atoms with Crippen molar-refractivity contribution in [3.05, 3.63) is 35.9 Å². The third-order valence-electron chi connectivity index (χ3n) is 4.48. The van der Waals surface area contributed by atoms with E-state index in [0.29, 0.717) is 18.9 Å². The van der Waals surface area contributed by atoms with Crippen LogP contribution in [0.25, 0.3) is 0 Å². The minimum atomic E-state index is -0.514. The summed E-state index contributed by atoms with van der Waals surface area (Å²) >= 11 is 0. The average molecular weight is 319 g/mol. The van der Waals surface area contributed by atoms with Gasteiger partial charge < -0.3 is 15.2 Å². The zero-order valence-electron chi connectivity index (χ0n) is 14.2. The Labute approximate surface area is 139 Å². The molecule has 0 amide bonds. The molecule has 0 bridgehead atoms. The second-order valence-corrected chi connectivity index (χ2v) is 6.46. The molecular formula is C19H29NO3. The molecule has 1 aromatic carbocycles. The van der Waals surface area contributed by atoms with Crippen LogP contribution in [0, 0.1) is 5.92 Å². The molecule has 0 aromatic heterocycles. The standard InChI is InChI=1S/C19H29NO3/c1-3-12-22-18-14(2)23-19(21)17(20)11-7-10-16(18)13-15-8-5-4-6-9-15/h4-6,8-9,14,16-18H,3,7,10-13,20H2,1-2H3/t14-,16+,17-,18-/m0/s1. The van der Waals surface area contributed by atoms with Gasteiger partial charge in [-0.2, -0.15) is 0 Å². The largest absolute Gasteiger partial charge is 0.459 e. The van der Waals surface area contributed by atoms with Crippen molar-refractivity contribution in [3.8, 4) is 0 Å². The SMILES string of the molecule is CCCO[C@@H]1[C@@H](Cc2ccccc2)CCC[C@H](N)C(=O)O[C@H]1C. The summed E-state index contributed by atoms with van der Waals surface area (Å²) in [5.41, 5.74) is 7.20. The number of ether oxygens (including phenoxy) is 2. The maximum atomic E-state index is 12.0. The van der Waals surface area contributed by atoms with Crippen LogP contribution in [-0.4, -0.2) is 30.8 Å². The lowest BCUT2D eigenvalue weighted by molar-refractivity contribution is -0.160. The fourth-order valence-electron chi connectivity index (χ4n) is 3.26. The maximum Gasteiger partial charge on any atom is 0.323 e. The number of benzene rings is 1. The first-order valence-electron chi connectivity index (χ1n) is 8.73. The normalized spacial score (nSPS) is 29.3. The monoisotopic (exact) mass is 319 g/mol. The summed E-state index contributed by atoms with van der Waals surface area (Å²) in [6, 6.07) is 9.93. The van der Waals surface area contributed by atoms with Crippen LogP contribution in [0.15, 0.2) is 30.3 Å². The molecule has 1 heterocycles. The third-order valence-corrected chi connectivity index (χ3v) is 4.48. The summed E-state index contributed by atoms with van der Waals surface area (Å²) in [5, 5.41) is 0. The molecule has 0 aliphatic carbocycles. The van der Waals surface area contributed by atoms with Gasteiger partial charge in [0.1, 0.15) is 12.1 Å². The molecule has 0 saturated carbocycles. The molecule has 1 aliphatic heterocycles. The Morgan fingerprint density at radius 2 is 2.00 bits per heavy atom. The van der Waals surface area contributed by atoms with Crippen molar-refractivity contribution in [1.29, 1.82) is 0 Å². The molecule has 1 fully saturated rings. The molecule has 0 radical (unpaired) electrons. The minimum absolute atomic E-state index is 0.0793. The Morgan fingerprint density at radius 1 is 1.26 bits per heavy atom. The highest BCUT2D eigenvalue weighted by Crippen LogP contribution is 2.27. The van der Waals surface area contributed by atoms with Gasteiger partial charge in [-0.25, -0.2) is 0 Å². The number of cyclic esters (lactones) is 1. The molecule has 1 aromatic rings. The number of nitrogens with two attached hydrogens (primary N) is 1. The summed E-state index contributed by atoms with van der Waals surface area (Å²) in [6.45, 7) is 4.70. The van der Waals surface area contributed by atoms with Crippen LogP contribution in [0.4, 0.5) is 0 Å². The summed E-state index contributed by atoms with van der Waals surface area (Å²) in [5.74, 6) is 0.0278. The van der Waals surface area contributed by atoms with E-state index in [2.05, 4.69) is 31.2 Å². The van der Waals surface area contributed by atoms with E-state index in [0.717, 1.165) is 25.7 Å². The van der Waals surface area contributed by atoms with E-state index >= 15 is 0 Å². The molecule has 4 atom stereocenters. The summed E-state index contributed by atoms with van der Waals surface area (Å²) in [7, 11) is 0. The van der Waals surface area contributed by atoms with E-state index in [4.69, 9.17) is 15.2 Å². The summed E-state index contributed by atoms with van der Waals surface area (Å²) < 4.78 is 11.7. The Kier molecular flexibility index (Phi) is 7.06. The number of esters is 1. The predicted molar refractivity (Wildman–Crippen MR) is 91.0 cm³/mol. The van der Waals surface area contributed by atoms with Crippen molar-refractivity contribution < 1.29 is 14.3 Å². The predicted octanol–water partition coefficient (Wildman–Crippen LogP) is 3.08. The van der Waals surface area contributed by atoms with Gasteiger partial charge in [0.25, 0.3) is 0 Å². The zero-order valence-corrected chi connectivity index (χ0v) is 14.2. The smallest absolute Gasteiger partial charge is 0.323 e. The van der Waals surface area contributed by atoms with Gasteiger partial charge >= 0.3 is 5.97 Å². The Morgan fingerprint density at radius 3 is 2.70 bits per heavy atom. The fourth-order valence-corrected chi connectivity index (χ4v) is 3.26. The van der Waals surface area contributed by atoms with Crippen LogP contribution >= 0.6 is 0 Å². The molecule has 1 saturated heterocycles. The molecular weight excluding hydrogens is 290 g/mol. The molecule has 2 rings (SSSR count). The van der Waals surface area contributed by atoms with Crippen LogP contribution in [0.5, 0.6) is 0 Å². The van der Waals surface area contributed by atoms with Gasteiger partial charge in [0.05, 0.1) is 6.10 Å². The molecule has 2 N–H and O–H groups in total. The molecule has 4 nitrogen and oxygen atoms in total. The zero-order chi connectivity index (χ0) is 16.7. The van der Waals surface area contributed by atoms with E-state index in [-0.39, 0.29) is 18.2 Å². The highest BCUT2D eigenvalue weighted by Gasteiger charge is 2.33.